The Morgan fingerprint density at radius 3 is 2.53 bits per heavy atom. The number of halogens is 1. The van der Waals surface area contributed by atoms with E-state index in [0.717, 1.165) is 0 Å². The molecular formula is C14H21FO2. The number of rotatable bonds is 4. The minimum atomic E-state index is -0.437. The number of ether oxygens (including phenoxy) is 1. The molecule has 0 aliphatic carbocycles. The molecule has 0 saturated heterocycles. The Labute approximate surface area is 102 Å². The van der Waals surface area contributed by atoms with Gasteiger partial charge in [-0.1, -0.05) is 32.9 Å². The molecule has 1 N–H and O–H groups in total. The second kappa shape index (κ2) is 5.50. The van der Waals surface area contributed by atoms with Crippen molar-refractivity contribution < 1.29 is 14.2 Å². The summed E-state index contributed by atoms with van der Waals surface area (Å²) in [6.07, 6.45) is 0.628. The third-order valence-electron chi connectivity index (χ3n) is 2.95. The molecule has 0 spiro atoms. The van der Waals surface area contributed by atoms with Crippen LogP contribution in [-0.4, -0.2) is 18.3 Å². The standard InChI is InChI=1S/C14H21FO2/c1-14(2,3)12(16)9-8-10-6-5-7-11(17-4)13(10)15/h5-7,12,16H,8-9H2,1-4H3. The first-order valence-electron chi connectivity index (χ1n) is 5.85. The number of hydrogen-bond acceptors (Lipinski definition) is 2. The number of aryl methyl sites for hydroxylation is 1. The van der Waals surface area contributed by atoms with Gasteiger partial charge in [0.15, 0.2) is 11.6 Å². The lowest BCUT2D eigenvalue weighted by Gasteiger charge is -2.25. The van der Waals surface area contributed by atoms with Gasteiger partial charge in [-0.3, -0.25) is 0 Å². The molecule has 17 heavy (non-hydrogen) atoms. The zero-order valence-corrected chi connectivity index (χ0v) is 11.0. The monoisotopic (exact) mass is 240 g/mol. The highest BCUT2D eigenvalue weighted by Gasteiger charge is 2.22. The second-order valence-corrected chi connectivity index (χ2v) is 5.35. The predicted octanol–water partition coefficient (Wildman–Crippen LogP) is 3.17. The Hall–Kier alpha value is -1.09. The summed E-state index contributed by atoms with van der Waals surface area (Å²) < 4.78 is 18.7. The number of aliphatic hydroxyl groups is 1. The van der Waals surface area contributed by atoms with Crippen LogP contribution >= 0.6 is 0 Å². The van der Waals surface area contributed by atoms with Crippen molar-refractivity contribution in [1.29, 1.82) is 0 Å². The SMILES string of the molecule is COc1cccc(CCC(O)C(C)(C)C)c1F. The summed E-state index contributed by atoms with van der Waals surface area (Å²) in [6.45, 7) is 5.92. The molecule has 3 heteroatoms. The minimum Gasteiger partial charge on any atom is -0.494 e. The van der Waals surface area contributed by atoms with E-state index in [0.29, 0.717) is 18.4 Å². The maximum atomic E-state index is 13.8. The first-order chi connectivity index (χ1) is 7.86. The molecule has 96 valence electrons. The van der Waals surface area contributed by atoms with E-state index < -0.39 is 6.10 Å². The van der Waals surface area contributed by atoms with Gasteiger partial charge in [0, 0.05) is 0 Å². The smallest absolute Gasteiger partial charge is 0.168 e. The summed E-state index contributed by atoms with van der Waals surface area (Å²) in [7, 11) is 1.45. The Morgan fingerprint density at radius 2 is 2.00 bits per heavy atom. The van der Waals surface area contributed by atoms with Gasteiger partial charge in [0.25, 0.3) is 0 Å². The van der Waals surface area contributed by atoms with Gasteiger partial charge in [0.05, 0.1) is 13.2 Å². The van der Waals surface area contributed by atoms with E-state index in [2.05, 4.69) is 0 Å². The normalized spacial score (nSPS) is 13.5. The van der Waals surface area contributed by atoms with Crippen LogP contribution in [0.5, 0.6) is 5.75 Å². The van der Waals surface area contributed by atoms with E-state index >= 15 is 0 Å². The van der Waals surface area contributed by atoms with Crippen LogP contribution in [0.1, 0.15) is 32.8 Å². The van der Waals surface area contributed by atoms with Crippen molar-refractivity contribution in [3.05, 3.63) is 29.6 Å². The predicted molar refractivity (Wildman–Crippen MR) is 66.7 cm³/mol. The molecule has 0 aliphatic heterocycles. The average Bonchev–Trinajstić information content (AvgIpc) is 2.26. The highest BCUT2D eigenvalue weighted by atomic mass is 19.1. The maximum absolute atomic E-state index is 13.8. The fourth-order valence-corrected chi connectivity index (χ4v) is 1.63. The Bertz CT molecular complexity index is 369. The molecule has 1 atom stereocenters. The zero-order valence-electron chi connectivity index (χ0n) is 11.0. The van der Waals surface area contributed by atoms with E-state index in [-0.39, 0.29) is 17.0 Å². The molecule has 1 aromatic rings. The molecular weight excluding hydrogens is 219 g/mol. The van der Waals surface area contributed by atoms with Crippen LogP contribution < -0.4 is 4.74 Å². The van der Waals surface area contributed by atoms with E-state index in [1.54, 1.807) is 18.2 Å². The molecule has 0 aromatic heterocycles. The average molecular weight is 240 g/mol. The number of hydrogen-bond donors (Lipinski definition) is 1. The Morgan fingerprint density at radius 1 is 1.35 bits per heavy atom. The van der Waals surface area contributed by atoms with E-state index in [4.69, 9.17) is 4.74 Å². The molecule has 1 aromatic carbocycles. The molecule has 0 bridgehead atoms. The lowest BCUT2D eigenvalue weighted by molar-refractivity contribution is 0.0558. The third-order valence-corrected chi connectivity index (χ3v) is 2.95. The number of aliphatic hydroxyl groups excluding tert-OH is 1. The van der Waals surface area contributed by atoms with Crippen LogP contribution in [0, 0.1) is 11.2 Å². The van der Waals surface area contributed by atoms with E-state index in [1.165, 1.54) is 7.11 Å². The van der Waals surface area contributed by atoms with Crippen LogP contribution in [0.15, 0.2) is 18.2 Å². The highest BCUT2D eigenvalue weighted by Crippen LogP contribution is 2.25. The van der Waals surface area contributed by atoms with Crippen molar-refractivity contribution in [2.24, 2.45) is 5.41 Å². The lowest BCUT2D eigenvalue weighted by Crippen LogP contribution is -2.26. The van der Waals surface area contributed by atoms with Gasteiger partial charge in [-0.05, 0) is 29.9 Å². The lowest BCUT2D eigenvalue weighted by atomic mass is 9.86. The molecule has 1 unspecified atom stereocenters. The van der Waals surface area contributed by atoms with Crippen molar-refractivity contribution in [3.63, 3.8) is 0 Å². The van der Waals surface area contributed by atoms with Crippen LogP contribution in [-0.2, 0) is 6.42 Å². The summed E-state index contributed by atoms with van der Waals surface area (Å²) >= 11 is 0. The van der Waals surface area contributed by atoms with Crippen LogP contribution in [0.4, 0.5) is 4.39 Å². The largest absolute Gasteiger partial charge is 0.494 e. The van der Waals surface area contributed by atoms with Crippen LogP contribution in [0.3, 0.4) is 0 Å². The van der Waals surface area contributed by atoms with Crippen molar-refractivity contribution in [2.45, 2.75) is 39.7 Å². The summed E-state index contributed by atoms with van der Waals surface area (Å²) in [5.41, 5.74) is 0.419. The molecule has 1 rings (SSSR count). The van der Waals surface area contributed by atoms with Gasteiger partial charge < -0.3 is 9.84 Å². The van der Waals surface area contributed by atoms with Crippen molar-refractivity contribution in [1.82, 2.24) is 0 Å². The molecule has 0 amide bonds. The molecule has 2 nitrogen and oxygen atoms in total. The fourth-order valence-electron chi connectivity index (χ4n) is 1.63. The van der Waals surface area contributed by atoms with E-state index in [1.807, 2.05) is 20.8 Å². The fraction of sp³-hybridized carbons (Fsp3) is 0.571. The highest BCUT2D eigenvalue weighted by molar-refractivity contribution is 5.31. The quantitative estimate of drug-likeness (QED) is 0.876. The van der Waals surface area contributed by atoms with Crippen LogP contribution in [0.25, 0.3) is 0 Å². The molecule has 0 aliphatic rings. The molecule has 0 saturated carbocycles. The third kappa shape index (κ3) is 3.70. The summed E-state index contributed by atoms with van der Waals surface area (Å²) in [6, 6.07) is 5.09. The second-order valence-electron chi connectivity index (χ2n) is 5.35. The van der Waals surface area contributed by atoms with Gasteiger partial charge in [-0.25, -0.2) is 4.39 Å². The summed E-state index contributed by atoms with van der Waals surface area (Å²) in [5.74, 6) is -0.0659. The van der Waals surface area contributed by atoms with Gasteiger partial charge in [0.1, 0.15) is 0 Å². The van der Waals surface area contributed by atoms with Crippen molar-refractivity contribution in [2.75, 3.05) is 7.11 Å². The van der Waals surface area contributed by atoms with Gasteiger partial charge in [-0.15, -0.1) is 0 Å². The maximum Gasteiger partial charge on any atom is 0.168 e. The molecule has 0 heterocycles. The van der Waals surface area contributed by atoms with Crippen LogP contribution in [0.2, 0.25) is 0 Å². The summed E-state index contributed by atoms with van der Waals surface area (Å²) in [4.78, 5) is 0. The van der Waals surface area contributed by atoms with Gasteiger partial charge in [-0.2, -0.15) is 0 Å². The summed E-state index contributed by atoms with van der Waals surface area (Å²) in [5, 5.41) is 9.91. The topological polar surface area (TPSA) is 29.5 Å². The van der Waals surface area contributed by atoms with Crippen molar-refractivity contribution in [3.8, 4) is 5.75 Å². The first kappa shape index (κ1) is 14.0. The van der Waals surface area contributed by atoms with Gasteiger partial charge in [0.2, 0.25) is 0 Å². The Kier molecular flexibility index (Phi) is 4.52. The zero-order chi connectivity index (χ0) is 13.1. The minimum absolute atomic E-state index is 0.171. The molecule has 0 radical (unpaired) electrons. The Balaban J connectivity index is 2.70. The van der Waals surface area contributed by atoms with Gasteiger partial charge >= 0.3 is 0 Å². The number of methoxy groups -OCH3 is 1. The van der Waals surface area contributed by atoms with E-state index in [9.17, 15) is 9.50 Å². The first-order valence-corrected chi connectivity index (χ1v) is 5.85. The molecule has 0 fully saturated rings. The number of benzene rings is 1. The van der Waals surface area contributed by atoms with Crippen molar-refractivity contribution >= 4 is 0 Å².